The van der Waals surface area contributed by atoms with E-state index in [1.54, 1.807) is 18.2 Å². The minimum atomic E-state index is -3.17. The summed E-state index contributed by atoms with van der Waals surface area (Å²) in [5, 5.41) is 19.2. The number of fused-ring (bicyclic) bond motifs is 4. The molecule has 10 nitrogen and oxygen atoms in total. The van der Waals surface area contributed by atoms with Crippen molar-refractivity contribution in [2.24, 2.45) is 5.41 Å². The molecule has 6 rings (SSSR count). The summed E-state index contributed by atoms with van der Waals surface area (Å²) in [6, 6.07) is 11.7. The fraction of sp³-hybridized carbons (Fsp3) is 0.312. The molecule has 2 amide bonds. The molecular weight excluding hydrogens is 591 g/mol. The first kappa shape index (κ1) is 30.0. The predicted molar refractivity (Wildman–Crippen MR) is 158 cm³/mol. The topological polar surface area (TPSA) is 132 Å². The van der Waals surface area contributed by atoms with Crippen molar-refractivity contribution in [2.45, 2.75) is 51.6 Å². The first-order valence-corrected chi connectivity index (χ1v) is 14.4. The minimum Gasteiger partial charge on any atom is -0.618 e. The molecule has 13 heteroatoms. The number of aromatic nitrogens is 3. The van der Waals surface area contributed by atoms with Gasteiger partial charge in [-0.05, 0) is 69.0 Å². The van der Waals surface area contributed by atoms with Crippen LogP contribution in [0.1, 0.15) is 55.2 Å². The van der Waals surface area contributed by atoms with Crippen molar-refractivity contribution < 1.29 is 37.0 Å². The molecule has 45 heavy (non-hydrogen) atoms. The molecule has 1 aliphatic heterocycles. The summed E-state index contributed by atoms with van der Waals surface area (Å²) in [6.07, 6.45) is 3.60. The van der Waals surface area contributed by atoms with Gasteiger partial charge in [0.1, 0.15) is 23.3 Å². The molecule has 1 saturated carbocycles. The molecule has 2 aromatic carbocycles. The van der Waals surface area contributed by atoms with E-state index in [1.165, 1.54) is 31.4 Å². The number of hydrogen-bond donors (Lipinski definition) is 3. The summed E-state index contributed by atoms with van der Waals surface area (Å²) in [6.45, 7) is -1.34. The van der Waals surface area contributed by atoms with Crippen LogP contribution in [0.2, 0.25) is 0 Å². The number of halogens is 3. The van der Waals surface area contributed by atoms with E-state index in [1.807, 2.05) is 6.92 Å². The minimum absolute atomic E-state index is 0.0749. The third kappa shape index (κ3) is 5.89. The Kier molecular flexibility index (Phi) is 7.85. The summed E-state index contributed by atoms with van der Waals surface area (Å²) in [7, 11) is 1.25. The van der Waals surface area contributed by atoms with Crippen LogP contribution in [0.15, 0.2) is 54.7 Å². The molecule has 1 atom stereocenters. The van der Waals surface area contributed by atoms with Crippen LogP contribution in [-0.2, 0) is 9.53 Å². The average molecular weight is 622 g/mol. The average Bonchev–Trinajstić information content (AvgIpc) is 3.69. The van der Waals surface area contributed by atoms with Crippen LogP contribution in [0.3, 0.4) is 0 Å². The van der Waals surface area contributed by atoms with Crippen LogP contribution < -0.4 is 20.1 Å². The molecule has 0 saturated heterocycles. The number of carbonyl (C=O) groups excluding carboxylic acids is 2. The van der Waals surface area contributed by atoms with Gasteiger partial charge in [0.15, 0.2) is 6.20 Å². The highest BCUT2D eigenvalue weighted by Crippen LogP contribution is 2.52. The molecule has 3 N–H and O–H groups in total. The predicted octanol–water partition coefficient (Wildman–Crippen LogP) is 6.64. The van der Waals surface area contributed by atoms with Crippen LogP contribution in [-0.4, -0.2) is 35.7 Å². The standard InChI is InChI=1S/C32H30F3N5O5/c1-17-27-20-10-9-19(37-31(42)44-2)15-23(20)38-29(41)32(13-14-32)12-4-5-21(28(36-17)39-27)24-11-8-18(16-40(24)43)26-22(33)6-3-7-25(26)45-30(34)35/h3,6-11,15-16,21,30H,4-5,12-14H2,1-2H3,(H,36,39)(H,37,42)(H,38,41). The summed E-state index contributed by atoms with van der Waals surface area (Å²) in [5.74, 6) is -1.32. The number of alkyl halides is 2. The Labute approximate surface area is 256 Å². The van der Waals surface area contributed by atoms with Crippen LogP contribution in [0, 0.1) is 23.4 Å². The van der Waals surface area contributed by atoms with Crippen LogP contribution in [0.25, 0.3) is 22.4 Å². The van der Waals surface area contributed by atoms with E-state index < -0.39 is 29.9 Å². The Hall–Kier alpha value is -5.07. The Balaban J connectivity index is 1.42. The molecule has 1 unspecified atom stereocenters. The highest BCUT2D eigenvalue weighted by atomic mass is 19.3. The van der Waals surface area contributed by atoms with Gasteiger partial charge >= 0.3 is 12.7 Å². The summed E-state index contributed by atoms with van der Waals surface area (Å²) in [4.78, 5) is 33.5. The van der Waals surface area contributed by atoms with Crippen molar-refractivity contribution >= 4 is 23.4 Å². The molecular formula is C32H30F3N5O5. The number of hydrogen-bond acceptors (Lipinski definition) is 6. The van der Waals surface area contributed by atoms with Gasteiger partial charge in [0, 0.05) is 28.4 Å². The van der Waals surface area contributed by atoms with Gasteiger partial charge < -0.3 is 25.0 Å². The highest BCUT2D eigenvalue weighted by molar-refractivity contribution is 6.01. The maximum Gasteiger partial charge on any atom is 0.411 e. The molecule has 1 spiro atoms. The van der Waals surface area contributed by atoms with Gasteiger partial charge in [0.2, 0.25) is 11.6 Å². The molecule has 4 aromatic rings. The Bertz CT molecular complexity index is 1790. The number of ether oxygens (including phenoxy) is 2. The lowest BCUT2D eigenvalue weighted by molar-refractivity contribution is -0.614. The number of amides is 2. The zero-order chi connectivity index (χ0) is 31.9. The number of benzene rings is 2. The number of nitrogens with one attached hydrogen (secondary N) is 3. The van der Waals surface area contributed by atoms with Gasteiger partial charge in [-0.2, -0.15) is 13.5 Å². The zero-order valence-corrected chi connectivity index (χ0v) is 24.5. The highest BCUT2D eigenvalue weighted by Gasteiger charge is 2.49. The number of pyridine rings is 1. The van der Waals surface area contributed by atoms with Crippen molar-refractivity contribution in [1.29, 1.82) is 0 Å². The summed E-state index contributed by atoms with van der Waals surface area (Å²) < 4.78 is 50.6. The lowest BCUT2D eigenvalue weighted by Gasteiger charge is -2.20. The molecule has 234 valence electrons. The van der Waals surface area contributed by atoms with E-state index >= 15 is 0 Å². The van der Waals surface area contributed by atoms with Gasteiger partial charge in [-0.1, -0.05) is 12.5 Å². The van der Waals surface area contributed by atoms with E-state index in [4.69, 9.17) is 9.72 Å². The molecule has 2 bridgehead atoms. The number of anilines is 2. The van der Waals surface area contributed by atoms with Crippen molar-refractivity contribution in [3.8, 4) is 28.1 Å². The number of carbonyl (C=O) groups is 2. The number of aryl methyl sites for hydroxylation is 1. The van der Waals surface area contributed by atoms with E-state index in [2.05, 4.69) is 20.4 Å². The lowest BCUT2D eigenvalue weighted by Crippen LogP contribution is -2.34. The second-order valence-corrected chi connectivity index (χ2v) is 11.3. The molecule has 2 aliphatic rings. The Morgan fingerprint density at radius 2 is 1.98 bits per heavy atom. The van der Waals surface area contributed by atoms with E-state index in [-0.39, 0.29) is 22.8 Å². The zero-order valence-electron chi connectivity index (χ0n) is 24.5. The summed E-state index contributed by atoms with van der Waals surface area (Å²) in [5.41, 5.74) is 2.34. The second-order valence-electron chi connectivity index (χ2n) is 11.3. The number of H-pyrrole nitrogens is 1. The van der Waals surface area contributed by atoms with Crippen molar-refractivity contribution in [1.82, 2.24) is 9.97 Å². The fourth-order valence-electron chi connectivity index (χ4n) is 5.97. The number of nitrogens with zero attached hydrogens (tertiary/aromatic N) is 2. The number of methoxy groups -OCH3 is 1. The fourth-order valence-corrected chi connectivity index (χ4v) is 5.97. The SMILES string of the molecule is COC(=O)Nc1ccc2c(c1)NC(=O)C1(CCCC(c3ccc(-c4c(F)cccc4OC(F)F)c[n+]3[O-])c3nc-2c(C)[nH]3)CC1. The Morgan fingerprint density at radius 1 is 1.18 bits per heavy atom. The largest absolute Gasteiger partial charge is 0.618 e. The summed E-state index contributed by atoms with van der Waals surface area (Å²) >= 11 is 0. The van der Waals surface area contributed by atoms with Crippen molar-refractivity contribution in [3.63, 3.8) is 0 Å². The number of imidazole rings is 1. The van der Waals surface area contributed by atoms with Gasteiger partial charge in [0.05, 0.1) is 29.6 Å². The second kappa shape index (κ2) is 11.8. The van der Waals surface area contributed by atoms with Crippen LogP contribution in [0.4, 0.5) is 29.3 Å². The first-order chi connectivity index (χ1) is 21.6. The van der Waals surface area contributed by atoms with Crippen molar-refractivity contribution in [2.75, 3.05) is 17.7 Å². The van der Waals surface area contributed by atoms with Crippen LogP contribution >= 0.6 is 0 Å². The first-order valence-electron chi connectivity index (χ1n) is 14.4. The number of rotatable bonds is 5. The third-order valence-electron chi connectivity index (χ3n) is 8.45. The molecule has 3 heterocycles. The lowest BCUT2D eigenvalue weighted by atomic mass is 9.90. The van der Waals surface area contributed by atoms with Gasteiger partial charge in [0.25, 0.3) is 0 Å². The maximum absolute atomic E-state index is 14.8. The smallest absolute Gasteiger partial charge is 0.411 e. The van der Waals surface area contributed by atoms with Crippen LogP contribution in [0.5, 0.6) is 5.75 Å². The molecule has 2 aromatic heterocycles. The van der Waals surface area contributed by atoms with E-state index in [0.29, 0.717) is 63.8 Å². The van der Waals surface area contributed by atoms with Crippen molar-refractivity contribution in [3.05, 3.63) is 83.0 Å². The maximum atomic E-state index is 14.8. The number of aromatic amines is 1. The van der Waals surface area contributed by atoms with E-state index in [9.17, 15) is 28.0 Å². The monoisotopic (exact) mass is 621 g/mol. The quantitative estimate of drug-likeness (QED) is 0.169. The molecule has 0 radical (unpaired) electrons. The van der Waals surface area contributed by atoms with Gasteiger partial charge in [-0.15, -0.1) is 0 Å². The van der Waals surface area contributed by atoms with Gasteiger partial charge in [-0.25, -0.2) is 14.2 Å². The Morgan fingerprint density at radius 3 is 2.69 bits per heavy atom. The normalized spacial score (nSPS) is 17.1. The van der Waals surface area contributed by atoms with Gasteiger partial charge in [-0.3, -0.25) is 10.1 Å². The van der Waals surface area contributed by atoms with E-state index in [0.717, 1.165) is 25.1 Å². The molecule has 1 fully saturated rings. The molecule has 1 aliphatic carbocycles. The third-order valence-corrected chi connectivity index (χ3v) is 8.45.